The van der Waals surface area contributed by atoms with Crippen molar-refractivity contribution in [3.05, 3.63) is 48.2 Å². The average Bonchev–Trinajstić information content (AvgIpc) is 2.94. The van der Waals surface area contributed by atoms with E-state index in [9.17, 15) is 0 Å². The highest BCUT2D eigenvalue weighted by molar-refractivity contribution is 5.59. The normalized spacial score (nSPS) is 17.7. The maximum atomic E-state index is 5.89. The molecule has 1 aromatic heterocycles. The van der Waals surface area contributed by atoms with Gasteiger partial charge in [0.15, 0.2) is 0 Å². The molecule has 1 aliphatic carbocycles. The molecule has 1 saturated carbocycles. The fourth-order valence-electron chi connectivity index (χ4n) is 5.94. The second-order valence-electron chi connectivity index (χ2n) is 11.7. The van der Waals surface area contributed by atoms with Gasteiger partial charge < -0.3 is 4.74 Å². The van der Waals surface area contributed by atoms with E-state index in [1.54, 1.807) is 0 Å². The molecule has 0 amide bonds. The Morgan fingerprint density at radius 2 is 1.24 bits per heavy atom. The van der Waals surface area contributed by atoms with E-state index in [-0.39, 0.29) is 0 Å². The summed E-state index contributed by atoms with van der Waals surface area (Å²) >= 11 is 0. The molecule has 3 rings (SSSR count). The molecular formula is C35H55NO. The summed E-state index contributed by atoms with van der Waals surface area (Å²) in [6.45, 7) is 5.36. The predicted molar refractivity (Wildman–Crippen MR) is 160 cm³/mol. The third kappa shape index (κ3) is 12.1. The second-order valence-corrected chi connectivity index (χ2v) is 11.7. The molecule has 0 radical (unpaired) electrons. The summed E-state index contributed by atoms with van der Waals surface area (Å²) in [5.74, 6) is 2.84. The molecule has 0 spiro atoms. The minimum atomic E-state index is 0.794. The second kappa shape index (κ2) is 18.4. The number of unbranched alkanes of at least 4 members (excludes halogenated alkanes) is 10. The first kappa shape index (κ1) is 29.7. The minimum Gasteiger partial charge on any atom is -0.492 e. The third-order valence-electron chi connectivity index (χ3n) is 8.53. The molecule has 1 aliphatic rings. The number of rotatable bonds is 19. The van der Waals surface area contributed by atoms with Crippen LogP contribution >= 0.6 is 0 Å². The first-order valence-electron chi connectivity index (χ1n) is 16.0. The van der Waals surface area contributed by atoms with Crippen molar-refractivity contribution in [2.24, 2.45) is 11.8 Å². The number of aryl methyl sites for hydroxylation is 1. The molecule has 0 bridgehead atoms. The van der Waals surface area contributed by atoms with E-state index in [2.05, 4.69) is 55.2 Å². The Balaban J connectivity index is 1.29. The molecule has 0 N–H and O–H groups in total. The van der Waals surface area contributed by atoms with Gasteiger partial charge in [-0.1, -0.05) is 141 Å². The quantitative estimate of drug-likeness (QED) is 0.177. The highest BCUT2D eigenvalue weighted by Gasteiger charge is 2.20. The zero-order valence-corrected chi connectivity index (χ0v) is 24.2. The van der Waals surface area contributed by atoms with E-state index in [0.29, 0.717) is 0 Å². The van der Waals surface area contributed by atoms with Crippen LogP contribution in [-0.4, -0.2) is 11.6 Å². The van der Waals surface area contributed by atoms with Crippen LogP contribution < -0.4 is 4.74 Å². The van der Waals surface area contributed by atoms with Crippen LogP contribution in [0.3, 0.4) is 0 Å². The van der Waals surface area contributed by atoms with Crippen molar-refractivity contribution in [3.63, 3.8) is 0 Å². The van der Waals surface area contributed by atoms with Crippen LogP contribution in [0.15, 0.2) is 42.6 Å². The Kier molecular flexibility index (Phi) is 14.8. The lowest BCUT2D eigenvalue weighted by molar-refractivity contribution is 0.248. The summed E-state index contributed by atoms with van der Waals surface area (Å²) in [6.07, 6.45) is 28.1. The number of ether oxygens (including phenoxy) is 1. The molecule has 2 nitrogen and oxygen atoms in total. The van der Waals surface area contributed by atoms with Gasteiger partial charge in [-0.15, -0.1) is 0 Å². The smallest absolute Gasteiger partial charge is 0.137 e. The fourth-order valence-corrected chi connectivity index (χ4v) is 5.94. The topological polar surface area (TPSA) is 22.1 Å². The monoisotopic (exact) mass is 505 g/mol. The highest BCUT2D eigenvalue weighted by Crippen LogP contribution is 2.34. The van der Waals surface area contributed by atoms with Crippen molar-refractivity contribution in [1.29, 1.82) is 0 Å². The molecule has 0 aliphatic heterocycles. The highest BCUT2D eigenvalue weighted by atomic mass is 16.5. The van der Waals surface area contributed by atoms with Gasteiger partial charge >= 0.3 is 0 Å². The average molecular weight is 506 g/mol. The number of benzene rings is 1. The summed E-state index contributed by atoms with van der Waals surface area (Å²) in [5, 5.41) is 0. The zero-order valence-electron chi connectivity index (χ0n) is 24.2. The summed E-state index contributed by atoms with van der Waals surface area (Å²) in [4.78, 5) is 4.66. The maximum absolute atomic E-state index is 5.89. The molecule has 1 heterocycles. The number of aromatic nitrogens is 1. The van der Waals surface area contributed by atoms with Gasteiger partial charge in [-0.3, -0.25) is 4.98 Å². The zero-order chi connectivity index (χ0) is 26.0. The van der Waals surface area contributed by atoms with E-state index in [1.165, 1.54) is 127 Å². The molecule has 0 unspecified atom stereocenters. The lowest BCUT2D eigenvalue weighted by Crippen LogP contribution is -2.15. The Hall–Kier alpha value is -1.83. The standard InChI is InChI=1S/C35H55NO/c1-3-5-7-9-11-13-15-30-16-18-31(19-17-30)20-21-32-22-24-33(25-23-32)35-27-26-34(29-36-35)37-28-14-12-10-8-6-4-2/h22-27,29-31H,3-21,28H2,1-2H3/t30-,31-. The number of hydrogen-bond donors (Lipinski definition) is 0. The molecule has 1 fully saturated rings. The Bertz CT molecular complexity index is 804. The van der Waals surface area contributed by atoms with Crippen LogP contribution in [0.4, 0.5) is 0 Å². The van der Waals surface area contributed by atoms with Crippen LogP contribution in [0.1, 0.15) is 135 Å². The van der Waals surface area contributed by atoms with Gasteiger partial charge in [0.1, 0.15) is 5.75 Å². The number of hydrogen-bond acceptors (Lipinski definition) is 2. The van der Waals surface area contributed by atoms with Gasteiger partial charge in [-0.2, -0.15) is 0 Å². The summed E-state index contributed by atoms with van der Waals surface area (Å²) in [5.41, 5.74) is 3.69. The minimum absolute atomic E-state index is 0.794. The van der Waals surface area contributed by atoms with Crippen LogP contribution in [0.25, 0.3) is 11.3 Å². The van der Waals surface area contributed by atoms with Gasteiger partial charge in [-0.05, 0) is 48.8 Å². The summed E-state index contributed by atoms with van der Waals surface area (Å²) in [6, 6.07) is 13.3. The molecule has 0 atom stereocenters. The Labute approximate surface area is 229 Å². The first-order chi connectivity index (χ1) is 18.3. The van der Waals surface area contributed by atoms with Crippen molar-refractivity contribution in [2.45, 2.75) is 136 Å². The van der Waals surface area contributed by atoms with Crippen molar-refractivity contribution < 1.29 is 4.74 Å². The SMILES string of the molecule is CCCCCCCCOc1ccc(-c2ccc(CC[C@H]3CC[C@H](CCCCCCCC)CC3)cc2)nc1. The van der Waals surface area contributed by atoms with Crippen LogP contribution in [0.2, 0.25) is 0 Å². The van der Waals surface area contributed by atoms with Gasteiger partial charge in [0, 0.05) is 5.56 Å². The van der Waals surface area contributed by atoms with Gasteiger partial charge in [0.05, 0.1) is 18.5 Å². The molecular weight excluding hydrogens is 450 g/mol. The van der Waals surface area contributed by atoms with Crippen molar-refractivity contribution in [2.75, 3.05) is 6.61 Å². The van der Waals surface area contributed by atoms with Gasteiger partial charge in [0.25, 0.3) is 0 Å². The summed E-state index contributed by atoms with van der Waals surface area (Å²) < 4.78 is 5.89. The van der Waals surface area contributed by atoms with E-state index in [4.69, 9.17) is 4.74 Å². The maximum Gasteiger partial charge on any atom is 0.137 e. The third-order valence-corrected chi connectivity index (χ3v) is 8.53. The first-order valence-corrected chi connectivity index (χ1v) is 16.0. The molecule has 37 heavy (non-hydrogen) atoms. The van der Waals surface area contributed by atoms with Gasteiger partial charge in [0.2, 0.25) is 0 Å². The molecule has 206 valence electrons. The fraction of sp³-hybridized carbons (Fsp3) is 0.686. The van der Waals surface area contributed by atoms with E-state index < -0.39 is 0 Å². The lowest BCUT2D eigenvalue weighted by Gasteiger charge is -2.28. The van der Waals surface area contributed by atoms with Crippen LogP contribution in [-0.2, 0) is 6.42 Å². The number of pyridine rings is 1. The van der Waals surface area contributed by atoms with Crippen molar-refractivity contribution >= 4 is 0 Å². The summed E-state index contributed by atoms with van der Waals surface area (Å²) in [7, 11) is 0. The van der Waals surface area contributed by atoms with E-state index >= 15 is 0 Å². The van der Waals surface area contributed by atoms with Crippen molar-refractivity contribution in [3.8, 4) is 17.0 Å². The van der Waals surface area contributed by atoms with Crippen molar-refractivity contribution in [1.82, 2.24) is 4.98 Å². The Morgan fingerprint density at radius 3 is 1.86 bits per heavy atom. The van der Waals surface area contributed by atoms with E-state index in [1.807, 2.05) is 6.20 Å². The number of nitrogens with zero attached hydrogens (tertiary/aromatic N) is 1. The predicted octanol–water partition coefficient (Wildman–Crippen LogP) is 11.0. The van der Waals surface area contributed by atoms with Gasteiger partial charge in [-0.25, -0.2) is 0 Å². The largest absolute Gasteiger partial charge is 0.492 e. The molecule has 1 aromatic carbocycles. The molecule has 2 heteroatoms. The molecule has 0 saturated heterocycles. The van der Waals surface area contributed by atoms with Crippen LogP contribution in [0, 0.1) is 11.8 Å². The lowest BCUT2D eigenvalue weighted by atomic mass is 9.77. The van der Waals surface area contributed by atoms with E-state index in [0.717, 1.165) is 36.3 Å². The Morgan fingerprint density at radius 1 is 0.649 bits per heavy atom. The van der Waals surface area contributed by atoms with Crippen LogP contribution in [0.5, 0.6) is 5.75 Å². The molecule has 2 aromatic rings.